The smallest absolute Gasteiger partial charge is 0.144 e. The first-order valence-corrected chi connectivity index (χ1v) is 6.87. The fourth-order valence-electron chi connectivity index (χ4n) is 1.31. The van der Waals surface area contributed by atoms with Gasteiger partial charge in [-0.15, -0.1) is 0 Å². The molecule has 0 bridgehead atoms. The van der Waals surface area contributed by atoms with E-state index in [4.69, 9.17) is 11.6 Å². The van der Waals surface area contributed by atoms with E-state index in [2.05, 4.69) is 42.2 Å². The van der Waals surface area contributed by atoms with E-state index in [1.807, 2.05) is 31.2 Å². The third kappa shape index (κ3) is 3.21. The molecule has 0 fully saturated rings. The number of benzene rings is 1. The molecule has 0 saturated heterocycles. The van der Waals surface area contributed by atoms with E-state index in [1.165, 1.54) is 0 Å². The predicted octanol–water partition coefficient (Wildman–Crippen LogP) is 5.31. The number of aromatic nitrogens is 1. The van der Waals surface area contributed by atoms with Crippen molar-refractivity contribution < 1.29 is 0 Å². The lowest BCUT2D eigenvalue weighted by atomic mass is 10.2. The first kappa shape index (κ1) is 12.9. The van der Waals surface area contributed by atoms with E-state index in [0.717, 1.165) is 31.0 Å². The third-order valence-corrected chi connectivity index (χ3v) is 3.69. The van der Waals surface area contributed by atoms with Crippen molar-refractivity contribution in [3.8, 4) is 0 Å². The molecular formula is C12H9Br2ClN2. The Morgan fingerprint density at radius 2 is 2.00 bits per heavy atom. The van der Waals surface area contributed by atoms with Gasteiger partial charge in [0.1, 0.15) is 5.82 Å². The lowest BCUT2D eigenvalue weighted by molar-refractivity contribution is 1.27. The summed E-state index contributed by atoms with van der Waals surface area (Å²) in [5, 5.41) is 3.94. The van der Waals surface area contributed by atoms with Crippen molar-refractivity contribution in [2.45, 2.75) is 6.92 Å². The minimum Gasteiger partial charge on any atom is -0.339 e. The number of anilines is 2. The number of nitrogens with zero attached hydrogens (tertiary/aromatic N) is 1. The van der Waals surface area contributed by atoms with Crippen LogP contribution >= 0.6 is 43.5 Å². The van der Waals surface area contributed by atoms with Gasteiger partial charge in [0.25, 0.3) is 0 Å². The molecule has 0 spiro atoms. The summed E-state index contributed by atoms with van der Waals surface area (Å²) in [7, 11) is 0. The van der Waals surface area contributed by atoms with Gasteiger partial charge in [-0.3, -0.25) is 0 Å². The van der Waals surface area contributed by atoms with Crippen molar-refractivity contribution in [2.75, 3.05) is 5.32 Å². The van der Waals surface area contributed by atoms with Crippen molar-refractivity contribution in [1.82, 2.24) is 4.98 Å². The highest BCUT2D eigenvalue weighted by Crippen LogP contribution is 2.28. The Hall–Kier alpha value is -0.580. The van der Waals surface area contributed by atoms with Crippen LogP contribution in [0, 0.1) is 6.92 Å². The molecule has 1 heterocycles. The fourth-order valence-corrected chi connectivity index (χ4v) is 2.58. The SMILES string of the molecule is Cc1ccc(Nc2ncc(Br)cc2Br)cc1Cl. The van der Waals surface area contributed by atoms with E-state index in [9.17, 15) is 0 Å². The second-order valence-corrected chi connectivity index (χ2v) is 5.75. The maximum atomic E-state index is 6.07. The van der Waals surface area contributed by atoms with Gasteiger partial charge in [-0.2, -0.15) is 0 Å². The molecule has 2 nitrogen and oxygen atoms in total. The van der Waals surface area contributed by atoms with Crippen LogP contribution in [0.15, 0.2) is 39.4 Å². The van der Waals surface area contributed by atoms with Crippen LogP contribution in [-0.4, -0.2) is 4.98 Å². The lowest BCUT2D eigenvalue weighted by Crippen LogP contribution is -1.94. The van der Waals surface area contributed by atoms with Crippen LogP contribution in [-0.2, 0) is 0 Å². The number of pyridine rings is 1. The van der Waals surface area contributed by atoms with Crippen LogP contribution in [0.3, 0.4) is 0 Å². The minimum absolute atomic E-state index is 0.739. The Balaban J connectivity index is 2.28. The molecular weight excluding hydrogens is 367 g/mol. The molecule has 0 amide bonds. The number of aryl methyl sites for hydroxylation is 1. The summed E-state index contributed by atoms with van der Waals surface area (Å²) < 4.78 is 1.82. The van der Waals surface area contributed by atoms with E-state index in [-0.39, 0.29) is 0 Å². The van der Waals surface area contributed by atoms with Gasteiger partial charge in [-0.1, -0.05) is 17.7 Å². The van der Waals surface area contributed by atoms with Crippen molar-refractivity contribution in [3.05, 3.63) is 50.0 Å². The first-order chi connectivity index (χ1) is 8.06. The van der Waals surface area contributed by atoms with Crippen molar-refractivity contribution in [2.24, 2.45) is 0 Å². The zero-order valence-electron chi connectivity index (χ0n) is 8.97. The number of hydrogen-bond acceptors (Lipinski definition) is 2. The molecule has 0 aliphatic rings. The average molecular weight is 376 g/mol. The standard InChI is InChI=1S/C12H9Br2ClN2/c1-7-2-3-9(5-11(7)15)17-12-10(14)4-8(13)6-16-12/h2-6H,1H3,(H,16,17). The second kappa shape index (κ2) is 5.38. The molecule has 0 atom stereocenters. The van der Waals surface area contributed by atoms with Crippen LogP contribution in [0.1, 0.15) is 5.56 Å². The normalized spacial score (nSPS) is 10.4. The third-order valence-electron chi connectivity index (χ3n) is 2.24. The van der Waals surface area contributed by atoms with Gasteiger partial charge in [0.05, 0.1) is 4.47 Å². The highest BCUT2D eigenvalue weighted by Gasteiger charge is 2.04. The Labute approximate surface area is 122 Å². The molecule has 0 unspecified atom stereocenters. The minimum atomic E-state index is 0.739. The van der Waals surface area contributed by atoms with Crippen LogP contribution < -0.4 is 5.32 Å². The molecule has 1 aromatic carbocycles. The molecule has 17 heavy (non-hydrogen) atoms. The summed E-state index contributed by atoms with van der Waals surface area (Å²) in [6.45, 7) is 1.97. The van der Waals surface area contributed by atoms with Crippen LogP contribution in [0.5, 0.6) is 0 Å². The monoisotopic (exact) mass is 374 g/mol. The molecule has 0 saturated carbocycles. The summed E-state index contributed by atoms with van der Waals surface area (Å²) in [4.78, 5) is 4.28. The number of hydrogen-bond donors (Lipinski definition) is 1. The van der Waals surface area contributed by atoms with Gasteiger partial charge < -0.3 is 5.32 Å². The Kier molecular flexibility index (Phi) is 4.07. The number of halogens is 3. The fraction of sp³-hybridized carbons (Fsp3) is 0.0833. The summed E-state index contributed by atoms with van der Waals surface area (Å²) in [6.07, 6.45) is 1.74. The maximum Gasteiger partial charge on any atom is 0.144 e. The van der Waals surface area contributed by atoms with Gasteiger partial charge in [-0.25, -0.2) is 4.98 Å². The second-order valence-electron chi connectivity index (χ2n) is 3.57. The van der Waals surface area contributed by atoms with Gasteiger partial charge in [0, 0.05) is 21.4 Å². The summed E-state index contributed by atoms with van der Waals surface area (Å²) in [5.74, 6) is 0.758. The summed E-state index contributed by atoms with van der Waals surface area (Å²) in [6, 6.07) is 7.76. The van der Waals surface area contributed by atoms with E-state index in [1.54, 1.807) is 6.20 Å². The van der Waals surface area contributed by atoms with Crippen LogP contribution in [0.25, 0.3) is 0 Å². The van der Waals surface area contributed by atoms with Gasteiger partial charge in [-0.05, 0) is 62.5 Å². The highest BCUT2D eigenvalue weighted by molar-refractivity contribution is 9.11. The number of rotatable bonds is 2. The average Bonchev–Trinajstić information content (AvgIpc) is 2.27. The van der Waals surface area contributed by atoms with Gasteiger partial charge in [0.15, 0.2) is 0 Å². The molecule has 2 rings (SSSR count). The topological polar surface area (TPSA) is 24.9 Å². The molecule has 1 aromatic heterocycles. The molecule has 5 heteroatoms. The maximum absolute atomic E-state index is 6.07. The van der Waals surface area contributed by atoms with Gasteiger partial charge in [0.2, 0.25) is 0 Å². The van der Waals surface area contributed by atoms with Gasteiger partial charge >= 0.3 is 0 Å². The Morgan fingerprint density at radius 1 is 1.24 bits per heavy atom. The van der Waals surface area contributed by atoms with E-state index < -0.39 is 0 Å². The molecule has 0 radical (unpaired) electrons. The molecule has 88 valence electrons. The molecule has 0 aliphatic heterocycles. The lowest BCUT2D eigenvalue weighted by Gasteiger charge is -2.09. The van der Waals surface area contributed by atoms with Crippen molar-refractivity contribution >= 4 is 55.0 Å². The van der Waals surface area contributed by atoms with Crippen LogP contribution in [0.4, 0.5) is 11.5 Å². The zero-order valence-corrected chi connectivity index (χ0v) is 12.9. The van der Waals surface area contributed by atoms with E-state index in [0.29, 0.717) is 0 Å². The number of nitrogens with one attached hydrogen (secondary N) is 1. The first-order valence-electron chi connectivity index (χ1n) is 4.90. The van der Waals surface area contributed by atoms with Crippen molar-refractivity contribution in [3.63, 3.8) is 0 Å². The van der Waals surface area contributed by atoms with E-state index >= 15 is 0 Å². The summed E-state index contributed by atoms with van der Waals surface area (Å²) >= 11 is 12.9. The molecule has 1 N–H and O–H groups in total. The Bertz CT molecular complexity index is 558. The molecule has 2 aromatic rings. The predicted molar refractivity (Wildman–Crippen MR) is 79.1 cm³/mol. The summed E-state index contributed by atoms with van der Waals surface area (Å²) in [5.41, 5.74) is 1.97. The Morgan fingerprint density at radius 3 is 2.65 bits per heavy atom. The quantitative estimate of drug-likeness (QED) is 0.768. The largest absolute Gasteiger partial charge is 0.339 e. The highest BCUT2D eigenvalue weighted by atomic mass is 79.9. The van der Waals surface area contributed by atoms with Crippen LogP contribution in [0.2, 0.25) is 5.02 Å². The zero-order chi connectivity index (χ0) is 12.4. The molecule has 0 aliphatic carbocycles. The van der Waals surface area contributed by atoms with Crippen molar-refractivity contribution in [1.29, 1.82) is 0 Å².